The molecule has 0 saturated heterocycles. The van der Waals surface area contributed by atoms with Crippen molar-refractivity contribution in [3.8, 4) is 5.75 Å². The number of hydrogen-bond acceptors (Lipinski definition) is 3. The third-order valence-corrected chi connectivity index (χ3v) is 3.84. The largest absolute Gasteiger partial charge is 0.508 e. The van der Waals surface area contributed by atoms with Crippen LogP contribution in [0.1, 0.15) is 22.7 Å². The Kier molecular flexibility index (Phi) is 3.62. The Bertz CT molecular complexity index is 682. The SMILES string of the molecule is Cc1cc(NC(=O)C2NCCc3ccccc32)ccc1O. The van der Waals surface area contributed by atoms with Crippen molar-refractivity contribution in [1.29, 1.82) is 0 Å². The van der Waals surface area contributed by atoms with Crippen molar-refractivity contribution in [1.82, 2.24) is 5.32 Å². The number of hydrogen-bond donors (Lipinski definition) is 3. The minimum Gasteiger partial charge on any atom is -0.508 e. The first-order valence-corrected chi connectivity index (χ1v) is 7.07. The maximum Gasteiger partial charge on any atom is 0.246 e. The van der Waals surface area contributed by atoms with Gasteiger partial charge >= 0.3 is 0 Å². The lowest BCUT2D eigenvalue weighted by molar-refractivity contribution is -0.118. The lowest BCUT2D eigenvalue weighted by atomic mass is 9.94. The summed E-state index contributed by atoms with van der Waals surface area (Å²) in [6.45, 7) is 2.60. The van der Waals surface area contributed by atoms with Crippen molar-refractivity contribution in [3.05, 3.63) is 59.2 Å². The molecule has 3 N–H and O–H groups in total. The highest BCUT2D eigenvalue weighted by Gasteiger charge is 2.25. The van der Waals surface area contributed by atoms with Gasteiger partial charge in [0, 0.05) is 12.2 Å². The zero-order valence-electron chi connectivity index (χ0n) is 11.9. The standard InChI is InChI=1S/C17H18N2O2/c1-11-10-13(6-7-15(11)20)19-17(21)16-14-5-3-2-4-12(14)8-9-18-16/h2-7,10,16,18,20H,8-9H2,1H3,(H,19,21). The Morgan fingerprint density at radius 1 is 1.29 bits per heavy atom. The van der Waals surface area contributed by atoms with Crippen LogP contribution in [0.25, 0.3) is 0 Å². The Labute approximate surface area is 123 Å². The number of nitrogens with one attached hydrogen (secondary N) is 2. The first-order chi connectivity index (χ1) is 10.1. The van der Waals surface area contributed by atoms with Gasteiger partial charge in [-0.15, -0.1) is 0 Å². The molecule has 4 heteroatoms. The molecule has 1 unspecified atom stereocenters. The van der Waals surface area contributed by atoms with Gasteiger partial charge in [0.1, 0.15) is 11.8 Å². The molecule has 0 saturated carbocycles. The number of carbonyl (C=O) groups is 1. The number of fused-ring (bicyclic) bond motifs is 1. The number of benzene rings is 2. The number of anilines is 1. The fraction of sp³-hybridized carbons (Fsp3) is 0.235. The van der Waals surface area contributed by atoms with Crippen molar-refractivity contribution in [2.45, 2.75) is 19.4 Å². The molecule has 0 aliphatic carbocycles. The Morgan fingerprint density at radius 3 is 2.90 bits per heavy atom. The number of phenols is 1. The molecule has 0 spiro atoms. The molecule has 21 heavy (non-hydrogen) atoms. The van der Waals surface area contributed by atoms with E-state index >= 15 is 0 Å². The number of aryl methyl sites for hydroxylation is 1. The van der Waals surface area contributed by atoms with E-state index in [-0.39, 0.29) is 17.7 Å². The van der Waals surface area contributed by atoms with Crippen LogP contribution >= 0.6 is 0 Å². The normalized spacial score (nSPS) is 17.1. The molecule has 0 fully saturated rings. The average Bonchev–Trinajstić information content (AvgIpc) is 2.50. The lowest BCUT2D eigenvalue weighted by Crippen LogP contribution is -2.38. The van der Waals surface area contributed by atoms with E-state index in [1.807, 2.05) is 18.2 Å². The van der Waals surface area contributed by atoms with E-state index < -0.39 is 0 Å². The van der Waals surface area contributed by atoms with Crippen LogP contribution in [-0.2, 0) is 11.2 Å². The Hall–Kier alpha value is -2.33. The molecule has 0 bridgehead atoms. The van der Waals surface area contributed by atoms with Gasteiger partial charge in [0.15, 0.2) is 0 Å². The predicted octanol–water partition coefficient (Wildman–Crippen LogP) is 2.53. The first kappa shape index (κ1) is 13.6. The summed E-state index contributed by atoms with van der Waals surface area (Å²) < 4.78 is 0. The van der Waals surface area contributed by atoms with Crippen molar-refractivity contribution in [3.63, 3.8) is 0 Å². The third kappa shape index (κ3) is 2.76. The molecule has 0 aromatic heterocycles. The molecule has 3 rings (SSSR count). The van der Waals surface area contributed by atoms with Crippen LogP contribution in [0, 0.1) is 6.92 Å². The highest BCUT2D eigenvalue weighted by Crippen LogP contribution is 2.25. The van der Waals surface area contributed by atoms with Crippen molar-refractivity contribution in [2.75, 3.05) is 11.9 Å². The topological polar surface area (TPSA) is 61.4 Å². The number of amides is 1. The van der Waals surface area contributed by atoms with Gasteiger partial charge in [0.25, 0.3) is 0 Å². The second-order valence-electron chi connectivity index (χ2n) is 5.33. The van der Waals surface area contributed by atoms with Gasteiger partial charge in [-0.3, -0.25) is 4.79 Å². The molecule has 1 heterocycles. The summed E-state index contributed by atoms with van der Waals surface area (Å²) in [4.78, 5) is 12.5. The molecule has 2 aromatic carbocycles. The second kappa shape index (κ2) is 5.58. The van der Waals surface area contributed by atoms with E-state index in [9.17, 15) is 9.90 Å². The molecule has 1 atom stereocenters. The second-order valence-corrected chi connectivity index (χ2v) is 5.33. The van der Waals surface area contributed by atoms with Crippen LogP contribution in [0.4, 0.5) is 5.69 Å². The summed E-state index contributed by atoms with van der Waals surface area (Å²) in [6.07, 6.45) is 0.943. The summed E-state index contributed by atoms with van der Waals surface area (Å²) in [5.41, 5.74) is 3.69. The fourth-order valence-electron chi connectivity index (χ4n) is 2.69. The lowest BCUT2D eigenvalue weighted by Gasteiger charge is -2.26. The van der Waals surface area contributed by atoms with Gasteiger partial charge in [-0.2, -0.15) is 0 Å². The smallest absolute Gasteiger partial charge is 0.246 e. The zero-order valence-corrected chi connectivity index (χ0v) is 11.9. The third-order valence-electron chi connectivity index (χ3n) is 3.84. The van der Waals surface area contributed by atoms with Crippen molar-refractivity contribution < 1.29 is 9.90 Å². The summed E-state index contributed by atoms with van der Waals surface area (Å²) in [6, 6.07) is 12.8. The minimum absolute atomic E-state index is 0.0766. The maximum absolute atomic E-state index is 12.5. The monoisotopic (exact) mass is 282 g/mol. The van der Waals surface area contributed by atoms with E-state index in [2.05, 4.69) is 16.7 Å². The highest BCUT2D eigenvalue weighted by molar-refractivity contribution is 5.96. The molecule has 1 aliphatic heterocycles. The molecule has 2 aromatic rings. The molecule has 1 aliphatic rings. The molecular formula is C17H18N2O2. The van der Waals surface area contributed by atoms with Gasteiger partial charge < -0.3 is 15.7 Å². The van der Waals surface area contributed by atoms with Crippen LogP contribution < -0.4 is 10.6 Å². The minimum atomic E-state index is -0.330. The highest BCUT2D eigenvalue weighted by atomic mass is 16.3. The molecular weight excluding hydrogens is 264 g/mol. The summed E-state index contributed by atoms with van der Waals surface area (Å²) in [7, 11) is 0. The van der Waals surface area contributed by atoms with E-state index in [1.54, 1.807) is 25.1 Å². The van der Waals surface area contributed by atoms with Crippen molar-refractivity contribution in [2.24, 2.45) is 0 Å². The fourth-order valence-corrected chi connectivity index (χ4v) is 2.69. The number of carbonyl (C=O) groups excluding carboxylic acids is 1. The van der Waals surface area contributed by atoms with E-state index in [0.29, 0.717) is 5.69 Å². The van der Waals surface area contributed by atoms with E-state index in [1.165, 1.54) is 5.56 Å². The maximum atomic E-state index is 12.5. The van der Waals surface area contributed by atoms with Gasteiger partial charge in [-0.1, -0.05) is 24.3 Å². The van der Waals surface area contributed by atoms with Gasteiger partial charge in [0.2, 0.25) is 5.91 Å². The van der Waals surface area contributed by atoms with Gasteiger partial charge in [-0.05, 0) is 48.2 Å². The van der Waals surface area contributed by atoms with Gasteiger partial charge in [-0.25, -0.2) is 0 Å². The molecule has 4 nitrogen and oxygen atoms in total. The van der Waals surface area contributed by atoms with Crippen molar-refractivity contribution >= 4 is 11.6 Å². The summed E-state index contributed by atoms with van der Waals surface area (Å²) in [5, 5.41) is 15.7. The van der Waals surface area contributed by atoms with E-state index in [4.69, 9.17) is 0 Å². The van der Waals surface area contributed by atoms with Crippen LogP contribution in [0.2, 0.25) is 0 Å². The summed E-state index contributed by atoms with van der Waals surface area (Å²) >= 11 is 0. The number of phenolic OH excluding ortho intramolecular Hbond substituents is 1. The van der Waals surface area contributed by atoms with Crippen LogP contribution in [0.5, 0.6) is 5.75 Å². The first-order valence-electron chi connectivity index (χ1n) is 7.07. The Balaban J connectivity index is 1.81. The molecule has 1 amide bonds. The van der Waals surface area contributed by atoms with Gasteiger partial charge in [0.05, 0.1) is 0 Å². The van der Waals surface area contributed by atoms with E-state index in [0.717, 1.165) is 24.1 Å². The van der Waals surface area contributed by atoms with Crippen LogP contribution in [0.15, 0.2) is 42.5 Å². The molecule has 108 valence electrons. The number of aromatic hydroxyl groups is 1. The number of rotatable bonds is 2. The van der Waals surface area contributed by atoms with Crippen LogP contribution in [0.3, 0.4) is 0 Å². The predicted molar refractivity (Wildman–Crippen MR) is 82.4 cm³/mol. The summed E-state index contributed by atoms with van der Waals surface area (Å²) in [5.74, 6) is 0.154. The average molecular weight is 282 g/mol. The zero-order chi connectivity index (χ0) is 14.8. The quantitative estimate of drug-likeness (QED) is 0.742. The Morgan fingerprint density at radius 2 is 2.10 bits per heavy atom. The molecule has 0 radical (unpaired) electrons. The van der Waals surface area contributed by atoms with Crippen LogP contribution in [-0.4, -0.2) is 17.6 Å².